The molecule has 3 aliphatic rings. The first-order valence-electron chi connectivity index (χ1n) is 13.7. The predicted molar refractivity (Wildman–Crippen MR) is 158 cm³/mol. The molecule has 3 saturated heterocycles. The molecule has 0 radical (unpaired) electrons. The summed E-state index contributed by atoms with van der Waals surface area (Å²) in [6, 6.07) is 4.14. The fourth-order valence-electron chi connectivity index (χ4n) is 5.50. The molecular weight excluding hydrogens is 608 g/mol. The minimum Gasteiger partial charge on any atom is -0.486 e. The molecule has 1 aromatic heterocycles. The predicted octanol–water partition coefficient (Wildman–Crippen LogP) is 1.10. The number of amides is 1. The monoisotopic (exact) mass is 642 g/mol. The number of sulfone groups is 2. The van der Waals surface area contributed by atoms with Crippen molar-refractivity contribution in [2.24, 2.45) is 0 Å². The van der Waals surface area contributed by atoms with Gasteiger partial charge < -0.3 is 14.5 Å². The third kappa shape index (κ3) is 6.91. The van der Waals surface area contributed by atoms with Gasteiger partial charge >= 0.3 is 0 Å². The maximum Gasteiger partial charge on any atom is 0.223 e. The van der Waals surface area contributed by atoms with Crippen molar-refractivity contribution in [2.75, 3.05) is 73.2 Å². The molecule has 4 heterocycles. The molecule has 0 atom stereocenters. The fraction of sp³-hybridized carbons (Fsp3) is 0.577. The van der Waals surface area contributed by atoms with Crippen LogP contribution in [0.1, 0.15) is 29.0 Å². The van der Waals surface area contributed by atoms with E-state index in [1.165, 1.54) is 6.33 Å². The van der Waals surface area contributed by atoms with Crippen LogP contribution in [0.3, 0.4) is 0 Å². The van der Waals surface area contributed by atoms with Crippen LogP contribution in [0.5, 0.6) is 5.75 Å². The number of carbonyl (C=O) groups excluding carboxylic acids is 1. The Kier molecular flexibility index (Phi) is 8.86. The average molecular weight is 643 g/mol. The first-order valence-corrected chi connectivity index (χ1v) is 17.9. The second kappa shape index (κ2) is 12.1. The van der Waals surface area contributed by atoms with Gasteiger partial charge in [0.25, 0.3) is 0 Å². The molecule has 0 bridgehead atoms. The summed E-state index contributed by atoms with van der Waals surface area (Å²) < 4.78 is 52.5. The number of rotatable bonds is 10. The number of hydrogen-bond acceptors (Lipinski definition) is 12. The molecule has 230 valence electrons. The second-order valence-corrected chi connectivity index (χ2v) is 16.1. The van der Waals surface area contributed by atoms with Gasteiger partial charge in [-0.1, -0.05) is 17.7 Å². The smallest absolute Gasteiger partial charge is 0.223 e. The zero-order valence-electron chi connectivity index (χ0n) is 23.5. The Morgan fingerprint density at radius 3 is 2.50 bits per heavy atom. The summed E-state index contributed by atoms with van der Waals surface area (Å²) in [5, 5.41) is 10.1. The number of nitrogens with one attached hydrogen (secondary N) is 1. The standard InChI is InChI=1S/C26H35ClN6O7S2/c1-17-9-18(19-11-32(12-19)20-13-33(14-20)23(34)3-6-41(2,36)37)10-22(30-35)24(17)40-15-21-25(27)28-16-29-26(21)31-4-7-42(38,39)8-5-31/h9-10,16,19-20,30,35H,3-8,11-15H2,1-2H3. The lowest BCUT2D eigenvalue weighted by Crippen LogP contribution is -2.65. The SMILES string of the molecule is Cc1cc(C2CN(C3CN(C(=O)CCS(C)(=O)=O)C3)C2)cc(NO)c1OCc1c(Cl)ncnc1N1CCS(=O)(=O)CC1. The van der Waals surface area contributed by atoms with Crippen molar-refractivity contribution in [3.63, 3.8) is 0 Å². The van der Waals surface area contributed by atoms with Gasteiger partial charge in [0.05, 0.1) is 22.8 Å². The van der Waals surface area contributed by atoms with Crippen molar-refractivity contribution < 1.29 is 31.6 Å². The van der Waals surface area contributed by atoms with E-state index in [2.05, 4.69) is 20.3 Å². The quantitative estimate of drug-likeness (QED) is 0.281. The van der Waals surface area contributed by atoms with E-state index < -0.39 is 19.7 Å². The normalized spacial score (nSPS) is 19.7. The largest absolute Gasteiger partial charge is 0.486 e. The molecule has 0 aliphatic carbocycles. The molecule has 42 heavy (non-hydrogen) atoms. The summed E-state index contributed by atoms with van der Waals surface area (Å²) >= 11 is 6.40. The highest BCUT2D eigenvalue weighted by molar-refractivity contribution is 7.91. The van der Waals surface area contributed by atoms with Crippen LogP contribution in [0.15, 0.2) is 18.5 Å². The molecule has 0 spiro atoms. The molecule has 13 nitrogen and oxygen atoms in total. The van der Waals surface area contributed by atoms with Gasteiger partial charge in [0.1, 0.15) is 45.2 Å². The first-order chi connectivity index (χ1) is 19.8. The molecule has 2 aromatic rings. The van der Waals surface area contributed by atoms with E-state index in [4.69, 9.17) is 16.3 Å². The number of anilines is 2. The Morgan fingerprint density at radius 2 is 1.86 bits per heavy atom. The highest BCUT2D eigenvalue weighted by Crippen LogP contribution is 2.38. The lowest BCUT2D eigenvalue weighted by atomic mass is 9.87. The number of benzene rings is 1. The van der Waals surface area contributed by atoms with Crippen LogP contribution >= 0.6 is 11.6 Å². The Morgan fingerprint density at radius 1 is 1.17 bits per heavy atom. The van der Waals surface area contributed by atoms with E-state index in [0.29, 0.717) is 49.0 Å². The first kappa shape index (κ1) is 30.7. The number of nitrogens with zero attached hydrogens (tertiary/aromatic N) is 5. The molecular formula is C26H35ClN6O7S2. The van der Waals surface area contributed by atoms with Gasteiger partial charge in [0.15, 0.2) is 9.84 Å². The van der Waals surface area contributed by atoms with E-state index in [0.717, 1.165) is 30.5 Å². The number of aromatic nitrogens is 2. The fourth-order valence-corrected chi connectivity index (χ4v) is 7.43. The Balaban J connectivity index is 1.19. The lowest BCUT2D eigenvalue weighted by Gasteiger charge is -2.52. The molecule has 1 aromatic carbocycles. The summed E-state index contributed by atoms with van der Waals surface area (Å²) in [4.78, 5) is 26.5. The van der Waals surface area contributed by atoms with Crippen molar-refractivity contribution in [1.29, 1.82) is 0 Å². The average Bonchev–Trinajstić information content (AvgIpc) is 2.87. The highest BCUT2D eigenvalue weighted by Gasteiger charge is 2.41. The molecule has 16 heteroatoms. The van der Waals surface area contributed by atoms with Gasteiger partial charge in [0, 0.05) is 63.9 Å². The van der Waals surface area contributed by atoms with Crippen LogP contribution in [-0.2, 0) is 31.1 Å². The van der Waals surface area contributed by atoms with Crippen LogP contribution in [-0.4, -0.2) is 117 Å². The van der Waals surface area contributed by atoms with Crippen molar-refractivity contribution >= 4 is 48.7 Å². The van der Waals surface area contributed by atoms with Gasteiger partial charge in [-0.15, -0.1) is 0 Å². The Hall–Kier alpha value is -2.72. The van der Waals surface area contributed by atoms with Crippen LogP contribution in [0.25, 0.3) is 0 Å². The third-order valence-electron chi connectivity index (χ3n) is 8.09. The van der Waals surface area contributed by atoms with Gasteiger partial charge in [-0.25, -0.2) is 26.8 Å². The highest BCUT2D eigenvalue weighted by atomic mass is 35.5. The van der Waals surface area contributed by atoms with E-state index in [9.17, 15) is 26.8 Å². The van der Waals surface area contributed by atoms with Crippen LogP contribution < -0.4 is 15.1 Å². The van der Waals surface area contributed by atoms with Crippen molar-refractivity contribution in [2.45, 2.75) is 31.9 Å². The lowest BCUT2D eigenvalue weighted by molar-refractivity contribution is -0.139. The van der Waals surface area contributed by atoms with Gasteiger partial charge in [-0.3, -0.25) is 20.4 Å². The molecule has 2 N–H and O–H groups in total. The van der Waals surface area contributed by atoms with Crippen molar-refractivity contribution in [3.05, 3.63) is 40.3 Å². The summed E-state index contributed by atoms with van der Waals surface area (Å²) in [5.74, 6) is 1.05. The topological polar surface area (TPSA) is 162 Å². The molecule has 5 rings (SSSR count). The van der Waals surface area contributed by atoms with Gasteiger partial charge in [-0.05, 0) is 24.1 Å². The van der Waals surface area contributed by atoms with E-state index in [1.807, 2.05) is 24.0 Å². The van der Waals surface area contributed by atoms with Gasteiger partial charge in [0.2, 0.25) is 5.91 Å². The molecule has 3 fully saturated rings. The zero-order chi connectivity index (χ0) is 30.2. The number of likely N-dealkylation sites (tertiary alicyclic amines) is 2. The maximum absolute atomic E-state index is 12.2. The van der Waals surface area contributed by atoms with Crippen LogP contribution in [0, 0.1) is 6.92 Å². The Bertz CT molecular complexity index is 1550. The maximum atomic E-state index is 12.2. The van der Waals surface area contributed by atoms with E-state index >= 15 is 0 Å². The van der Waals surface area contributed by atoms with Crippen LogP contribution in [0.2, 0.25) is 5.15 Å². The number of carbonyl (C=O) groups is 1. The third-order valence-corrected chi connectivity index (χ3v) is 11.0. The minimum atomic E-state index is -3.16. The zero-order valence-corrected chi connectivity index (χ0v) is 25.9. The molecule has 0 saturated carbocycles. The van der Waals surface area contributed by atoms with Gasteiger partial charge in [-0.2, -0.15) is 0 Å². The molecule has 1 amide bonds. The van der Waals surface area contributed by atoms with Crippen LogP contribution in [0.4, 0.5) is 11.5 Å². The summed E-state index contributed by atoms with van der Waals surface area (Å²) in [6.07, 6.45) is 2.49. The Labute approximate surface area is 250 Å². The number of hydrogen-bond donors (Lipinski definition) is 2. The van der Waals surface area contributed by atoms with Crippen molar-refractivity contribution in [1.82, 2.24) is 19.8 Å². The second-order valence-electron chi connectivity index (χ2n) is 11.2. The number of ether oxygens (including phenoxy) is 1. The molecule has 0 unspecified atom stereocenters. The molecule has 3 aliphatic heterocycles. The minimum absolute atomic E-state index is 0.0193. The summed E-state index contributed by atoms with van der Waals surface area (Å²) in [5.41, 5.74) is 5.05. The number of aryl methyl sites for hydroxylation is 1. The summed E-state index contributed by atoms with van der Waals surface area (Å²) in [7, 11) is -6.23. The van der Waals surface area contributed by atoms with E-state index in [-0.39, 0.29) is 53.3 Å². The van der Waals surface area contributed by atoms with Crippen molar-refractivity contribution in [3.8, 4) is 5.75 Å². The number of halogens is 1. The van der Waals surface area contributed by atoms with E-state index in [1.54, 1.807) is 4.90 Å². The summed E-state index contributed by atoms with van der Waals surface area (Å²) in [6.45, 7) is 5.34.